The van der Waals surface area contributed by atoms with Crippen LogP contribution in [0.1, 0.15) is 26.7 Å². The summed E-state index contributed by atoms with van der Waals surface area (Å²) in [5.41, 5.74) is 1.73. The Morgan fingerprint density at radius 3 is 2.87 bits per heavy atom. The Hall–Kier alpha value is -2.14. The summed E-state index contributed by atoms with van der Waals surface area (Å²) in [5, 5.41) is 12.6. The lowest BCUT2D eigenvalue weighted by Crippen LogP contribution is -2.46. The molecule has 0 N–H and O–H groups in total. The van der Waals surface area contributed by atoms with Gasteiger partial charge in [-0.15, -0.1) is 0 Å². The summed E-state index contributed by atoms with van der Waals surface area (Å²) in [6, 6.07) is 0. The highest BCUT2D eigenvalue weighted by molar-refractivity contribution is 6.31. The number of fused-ring (bicyclic) bond motifs is 1. The van der Waals surface area contributed by atoms with Gasteiger partial charge in [-0.25, -0.2) is 10.0 Å². The van der Waals surface area contributed by atoms with Crippen molar-refractivity contribution in [3.63, 3.8) is 0 Å². The van der Waals surface area contributed by atoms with Gasteiger partial charge in [-0.3, -0.25) is 4.79 Å². The van der Waals surface area contributed by atoms with Crippen LogP contribution in [0.4, 0.5) is 0 Å². The lowest BCUT2D eigenvalue weighted by molar-refractivity contribution is -0.132. The fourth-order valence-electron chi connectivity index (χ4n) is 2.10. The molecule has 2 aliphatic heterocycles. The van der Waals surface area contributed by atoms with Crippen molar-refractivity contribution in [2.75, 3.05) is 13.1 Å². The second-order valence-corrected chi connectivity index (χ2v) is 5.75. The number of halogens is 1. The molecule has 0 aromatic heterocycles. The van der Waals surface area contributed by atoms with E-state index in [1.807, 2.05) is 25.2 Å². The molecule has 0 saturated heterocycles. The molecule has 0 atom stereocenters. The number of rotatable bonds is 6. The molecular formula is C17H21ClN4O. The smallest absolute Gasteiger partial charge is 0.264 e. The van der Waals surface area contributed by atoms with Gasteiger partial charge in [-0.2, -0.15) is 10.2 Å². The second kappa shape index (κ2) is 7.92. The lowest BCUT2D eigenvalue weighted by atomic mass is 10.1. The van der Waals surface area contributed by atoms with Crippen LogP contribution in [-0.2, 0) is 4.79 Å². The third-order valence-electron chi connectivity index (χ3n) is 3.49. The quantitative estimate of drug-likeness (QED) is 0.700. The zero-order chi connectivity index (χ0) is 16.8. The van der Waals surface area contributed by atoms with E-state index in [9.17, 15) is 4.79 Å². The van der Waals surface area contributed by atoms with Crippen molar-refractivity contribution in [1.82, 2.24) is 10.0 Å². The first-order valence-corrected chi connectivity index (χ1v) is 8.03. The number of nitrogens with zero attached hydrogens (tertiary/aromatic N) is 4. The molecule has 0 unspecified atom stereocenters. The standard InChI is InChI=1S/C17H21ClN4O/c1-4-6-11-21-17(23)12-22-16(20-21)10-9-15(19-22)13(3)7-8-14(18)5-2/h5,7-10H,2,4,6,11-12H2,1,3H3/b13-7+,14-8+. The fraction of sp³-hybridized carbons (Fsp3) is 0.353. The Morgan fingerprint density at radius 2 is 2.17 bits per heavy atom. The lowest BCUT2D eigenvalue weighted by Gasteiger charge is -2.31. The van der Waals surface area contributed by atoms with Gasteiger partial charge < -0.3 is 0 Å². The van der Waals surface area contributed by atoms with Crippen LogP contribution in [0.5, 0.6) is 0 Å². The predicted molar refractivity (Wildman–Crippen MR) is 95.2 cm³/mol. The maximum atomic E-state index is 12.1. The summed E-state index contributed by atoms with van der Waals surface area (Å²) in [6.07, 6.45) is 10.9. The van der Waals surface area contributed by atoms with Gasteiger partial charge in [0.1, 0.15) is 6.54 Å². The average Bonchev–Trinajstić information content (AvgIpc) is 2.56. The van der Waals surface area contributed by atoms with Gasteiger partial charge in [0.05, 0.1) is 5.71 Å². The first-order chi connectivity index (χ1) is 11.0. The molecule has 0 aromatic carbocycles. The third kappa shape index (κ3) is 4.42. The molecule has 0 radical (unpaired) electrons. The highest BCUT2D eigenvalue weighted by Crippen LogP contribution is 2.15. The third-order valence-corrected chi connectivity index (χ3v) is 3.77. The van der Waals surface area contributed by atoms with Crippen LogP contribution in [0.25, 0.3) is 0 Å². The van der Waals surface area contributed by atoms with E-state index in [-0.39, 0.29) is 12.5 Å². The largest absolute Gasteiger partial charge is 0.271 e. The molecule has 0 saturated carbocycles. The Bertz CT molecular complexity index is 643. The van der Waals surface area contributed by atoms with E-state index >= 15 is 0 Å². The molecule has 0 aromatic rings. The van der Waals surface area contributed by atoms with E-state index in [2.05, 4.69) is 23.7 Å². The number of carbonyl (C=O) groups is 1. The molecule has 5 nitrogen and oxygen atoms in total. The van der Waals surface area contributed by atoms with E-state index in [0.29, 0.717) is 17.4 Å². The minimum absolute atomic E-state index is 0.0307. The minimum atomic E-state index is -0.0307. The second-order valence-electron chi connectivity index (χ2n) is 5.31. The van der Waals surface area contributed by atoms with Crippen molar-refractivity contribution < 1.29 is 4.79 Å². The van der Waals surface area contributed by atoms with Gasteiger partial charge in [0.25, 0.3) is 5.91 Å². The Balaban J connectivity index is 2.16. The van der Waals surface area contributed by atoms with Crippen molar-refractivity contribution in [1.29, 1.82) is 0 Å². The molecule has 23 heavy (non-hydrogen) atoms. The molecular weight excluding hydrogens is 312 g/mol. The van der Waals surface area contributed by atoms with Crippen LogP contribution in [0.2, 0.25) is 0 Å². The van der Waals surface area contributed by atoms with Gasteiger partial charge >= 0.3 is 0 Å². The summed E-state index contributed by atoms with van der Waals surface area (Å²) < 4.78 is 0. The van der Waals surface area contributed by atoms with E-state index in [4.69, 9.17) is 11.6 Å². The Kier molecular flexibility index (Phi) is 5.93. The van der Waals surface area contributed by atoms with Gasteiger partial charge in [0.15, 0.2) is 5.84 Å². The van der Waals surface area contributed by atoms with E-state index in [1.165, 1.54) is 5.01 Å². The number of hydrogen-bond donors (Lipinski definition) is 0. The molecule has 122 valence electrons. The number of amidine groups is 1. The molecule has 1 amide bonds. The van der Waals surface area contributed by atoms with Crippen LogP contribution in [0, 0.1) is 0 Å². The van der Waals surface area contributed by atoms with Crippen LogP contribution in [0.15, 0.2) is 57.8 Å². The molecule has 0 aliphatic carbocycles. The molecule has 0 fully saturated rings. The number of carbonyl (C=O) groups excluding carboxylic acids is 1. The summed E-state index contributed by atoms with van der Waals surface area (Å²) in [4.78, 5) is 12.1. The fourth-order valence-corrected chi connectivity index (χ4v) is 2.16. The van der Waals surface area contributed by atoms with Gasteiger partial charge in [-0.1, -0.05) is 43.7 Å². The Morgan fingerprint density at radius 1 is 1.39 bits per heavy atom. The summed E-state index contributed by atoms with van der Waals surface area (Å²) in [5.74, 6) is 0.661. The number of hydrazone groups is 2. The van der Waals surface area contributed by atoms with Gasteiger partial charge in [0.2, 0.25) is 0 Å². The predicted octanol–water partition coefficient (Wildman–Crippen LogP) is 3.43. The number of amides is 1. The highest BCUT2D eigenvalue weighted by Gasteiger charge is 2.27. The SMILES string of the molecule is C=C/C(Cl)=C\C=C(/C)C1=NN2CC(=O)N(CCCC)N=C2C=C1. The highest BCUT2D eigenvalue weighted by atomic mass is 35.5. The minimum Gasteiger partial charge on any atom is -0.271 e. The van der Waals surface area contributed by atoms with Gasteiger partial charge in [0, 0.05) is 11.6 Å². The molecule has 2 heterocycles. The zero-order valence-electron chi connectivity index (χ0n) is 13.5. The maximum Gasteiger partial charge on any atom is 0.264 e. The maximum absolute atomic E-state index is 12.1. The van der Waals surface area contributed by atoms with Crippen molar-refractivity contribution in [3.05, 3.63) is 47.6 Å². The monoisotopic (exact) mass is 332 g/mol. The van der Waals surface area contributed by atoms with Gasteiger partial charge in [-0.05, 0) is 37.1 Å². The van der Waals surface area contributed by atoms with Crippen LogP contribution >= 0.6 is 11.6 Å². The zero-order valence-corrected chi connectivity index (χ0v) is 14.3. The number of unbranched alkanes of at least 4 members (excludes halogenated alkanes) is 1. The number of hydrogen-bond acceptors (Lipinski definition) is 4. The van der Waals surface area contributed by atoms with E-state index in [1.54, 1.807) is 17.2 Å². The first kappa shape index (κ1) is 17.2. The molecule has 0 spiro atoms. The molecule has 2 aliphatic rings. The summed E-state index contributed by atoms with van der Waals surface area (Å²) >= 11 is 5.90. The Labute approximate surface area is 142 Å². The average molecular weight is 333 g/mol. The topological polar surface area (TPSA) is 48.3 Å². The molecule has 2 rings (SSSR count). The summed E-state index contributed by atoms with van der Waals surface area (Å²) in [7, 11) is 0. The van der Waals surface area contributed by atoms with Crippen molar-refractivity contribution >= 4 is 29.1 Å². The van der Waals surface area contributed by atoms with Crippen molar-refractivity contribution in [2.24, 2.45) is 10.2 Å². The van der Waals surface area contributed by atoms with Crippen LogP contribution in [-0.4, -0.2) is 40.6 Å². The van der Waals surface area contributed by atoms with Crippen LogP contribution in [0.3, 0.4) is 0 Å². The normalized spacial score (nSPS) is 18.7. The molecule has 6 heteroatoms. The van der Waals surface area contributed by atoms with Crippen molar-refractivity contribution in [2.45, 2.75) is 26.7 Å². The number of allylic oxidation sites excluding steroid dienone is 6. The summed E-state index contributed by atoms with van der Waals surface area (Å²) in [6.45, 7) is 8.50. The first-order valence-electron chi connectivity index (χ1n) is 7.65. The van der Waals surface area contributed by atoms with E-state index in [0.717, 1.165) is 24.1 Å². The molecule has 0 bridgehead atoms. The van der Waals surface area contributed by atoms with Crippen LogP contribution < -0.4 is 0 Å². The van der Waals surface area contributed by atoms with Crippen molar-refractivity contribution in [3.8, 4) is 0 Å². The van der Waals surface area contributed by atoms with E-state index < -0.39 is 0 Å².